The topological polar surface area (TPSA) is 54.9 Å². The van der Waals surface area contributed by atoms with Crippen molar-refractivity contribution in [2.75, 3.05) is 5.32 Å². The smallest absolute Gasteiger partial charge is 0.255 e. The van der Waals surface area contributed by atoms with Crippen molar-refractivity contribution in [2.24, 2.45) is 0 Å². The van der Waals surface area contributed by atoms with Crippen LogP contribution in [0.1, 0.15) is 10.4 Å². The zero-order valence-corrected chi connectivity index (χ0v) is 11.9. The quantitative estimate of drug-likeness (QED) is 0.841. The molecule has 2 aromatic heterocycles. The van der Waals surface area contributed by atoms with Crippen LogP contribution in [0.25, 0.3) is 0 Å². The first-order chi connectivity index (χ1) is 8.56. The van der Waals surface area contributed by atoms with Gasteiger partial charge in [-0.25, -0.2) is 4.98 Å². The molecule has 0 aliphatic rings. The number of hydrogen-bond donors (Lipinski definition) is 1. The molecule has 7 heteroatoms. The maximum atomic E-state index is 12.0. The van der Waals surface area contributed by atoms with E-state index in [1.807, 2.05) is 0 Å². The van der Waals surface area contributed by atoms with Crippen molar-refractivity contribution < 1.29 is 4.79 Å². The lowest BCUT2D eigenvalue weighted by Gasteiger charge is -2.07. The van der Waals surface area contributed by atoms with Crippen molar-refractivity contribution in [1.29, 1.82) is 0 Å². The van der Waals surface area contributed by atoms with Crippen LogP contribution >= 0.6 is 39.1 Å². The highest BCUT2D eigenvalue weighted by atomic mass is 79.9. The normalized spacial score (nSPS) is 10.2. The number of hydrogen-bond acceptors (Lipinski definition) is 3. The number of aromatic nitrogens is 2. The second kappa shape index (κ2) is 5.65. The number of pyridine rings is 2. The molecule has 1 amide bonds. The number of rotatable bonds is 2. The Morgan fingerprint density at radius 1 is 1.28 bits per heavy atom. The Morgan fingerprint density at radius 3 is 2.56 bits per heavy atom. The minimum absolute atomic E-state index is 0.168. The van der Waals surface area contributed by atoms with Gasteiger partial charge in [0.2, 0.25) is 0 Å². The van der Waals surface area contributed by atoms with Crippen LogP contribution < -0.4 is 5.32 Å². The second-order valence-corrected chi connectivity index (χ2v) is 4.94. The summed E-state index contributed by atoms with van der Waals surface area (Å²) in [6, 6.07) is 4.56. The van der Waals surface area contributed by atoms with Crippen LogP contribution in [-0.4, -0.2) is 15.9 Å². The third-order valence-corrected chi connectivity index (χ3v) is 3.06. The minimum Gasteiger partial charge on any atom is -0.321 e. The Balaban J connectivity index is 2.25. The third-order valence-electron chi connectivity index (χ3n) is 2.05. The monoisotopic (exact) mass is 345 g/mol. The Bertz CT molecular complexity index is 586. The zero-order valence-electron chi connectivity index (χ0n) is 8.82. The summed E-state index contributed by atoms with van der Waals surface area (Å²) in [6.45, 7) is 0. The molecule has 0 bridgehead atoms. The van der Waals surface area contributed by atoms with Crippen LogP contribution in [0.3, 0.4) is 0 Å². The first kappa shape index (κ1) is 13.3. The van der Waals surface area contributed by atoms with E-state index >= 15 is 0 Å². The van der Waals surface area contributed by atoms with Crippen LogP contribution in [0.5, 0.6) is 0 Å². The molecule has 0 spiro atoms. The van der Waals surface area contributed by atoms with Gasteiger partial charge >= 0.3 is 0 Å². The van der Waals surface area contributed by atoms with Crippen LogP contribution in [0, 0.1) is 0 Å². The fourth-order valence-corrected chi connectivity index (χ4v) is 2.08. The van der Waals surface area contributed by atoms with Gasteiger partial charge in [0, 0.05) is 18.0 Å². The Hall–Kier alpha value is -1.17. The maximum Gasteiger partial charge on any atom is 0.255 e. The van der Waals surface area contributed by atoms with Gasteiger partial charge in [-0.05, 0) is 34.1 Å². The SMILES string of the molecule is O=C(Nc1ccncc1Br)c1cc(Cl)nc(Cl)c1. The molecule has 2 heterocycles. The lowest BCUT2D eigenvalue weighted by atomic mass is 10.2. The molecule has 0 radical (unpaired) electrons. The summed E-state index contributed by atoms with van der Waals surface area (Å²) >= 11 is 14.8. The van der Waals surface area contributed by atoms with Crippen LogP contribution in [-0.2, 0) is 0 Å². The number of nitrogens with zero attached hydrogens (tertiary/aromatic N) is 2. The molecule has 0 unspecified atom stereocenters. The Morgan fingerprint density at radius 2 is 1.94 bits per heavy atom. The van der Waals surface area contributed by atoms with Gasteiger partial charge < -0.3 is 5.32 Å². The minimum atomic E-state index is -0.326. The number of nitrogens with one attached hydrogen (secondary N) is 1. The molecule has 0 aliphatic carbocycles. The standard InChI is InChI=1S/C11H6BrCl2N3O/c12-7-5-15-2-1-8(7)16-11(18)6-3-9(13)17-10(14)4-6/h1-5H,(H,15,16,18). The molecule has 1 N–H and O–H groups in total. The summed E-state index contributed by atoms with van der Waals surface area (Å²) in [7, 11) is 0. The molecule has 0 saturated heterocycles. The number of carbonyl (C=O) groups excluding carboxylic acids is 1. The first-order valence-electron chi connectivity index (χ1n) is 4.80. The molecular weight excluding hydrogens is 341 g/mol. The zero-order chi connectivity index (χ0) is 13.1. The summed E-state index contributed by atoms with van der Waals surface area (Å²) in [4.78, 5) is 19.6. The molecule has 18 heavy (non-hydrogen) atoms. The maximum absolute atomic E-state index is 12.0. The van der Waals surface area contributed by atoms with E-state index in [9.17, 15) is 4.79 Å². The second-order valence-electron chi connectivity index (χ2n) is 3.31. The van der Waals surface area contributed by atoms with Gasteiger partial charge in [-0.15, -0.1) is 0 Å². The first-order valence-corrected chi connectivity index (χ1v) is 6.35. The molecule has 2 rings (SSSR count). The average molecular weight is 347 g/mol. The molecule has 2 aromatic rings. The average Bonchev–Trinajstić information content (AvgIpc) is 2.31. The Labute approximate surface area is 121 Å². The third kappa shape index (κ3) is 3.19. The van der Waals surface area contributed by atoms with E-state index in [0.717, 1.165) is 0 Å². The molecular formula is C11H6BrCl2N3O. The highest BCUT2D eigenvalue weighted by Crippen LogP contribution is 2.21. The van der Waals surface area contributed by atoms with Crippen LogP contribution in [0.15, 0.2) is 35.1 Å². The van der Waals surface area contributed by atoms with Crippen LogP contribution in [0.4, 0.5) is 5.69 Å². The fraction of sp³-hybridized carbons (Fsp3) is 0. The summed E-state index contributed by atoms with van der Waals surface area (Å²) in [6.07, 6.45) is 3.16. The molecule has 0 fully saturated rings. The summed E-state index contributed by atoms with van der Waals surface area (Å²) < 4.78 is 0.685. The predicted molar refractivity (Wildman–Crippen MR) is 74.1 cm³/mol. The van der Waals surface area contributed by atoms with Gasteiger partial charge in [-0.3, -0.25) is 9.78 Å². The van der Waals surface area contributed by atoms with E-state index in [4.69, 9.17) is 23.2 Å². The summed E-state index contributed by atoms with van der Waals surface area (Å²) in [5.41, 5.74) is 0.947. The van der Waals surface area contributed by atoms with Gasteiger partial charge in [0.15, 0.2) is 0 Å². The van der Waals surface area contributed by atoms with E-state index in [2.05, 4.69) is 31.2 Å². The van der Waals surface area contributed by atoms with Gasteiger partial charge in [-0.1, -0.05) is 23.2 Å². The van der Waals surface area contributed by atoms with Crippen molar-refractivity contribution in [2.45, 2.75) is 0 Å². The van der Waals surface area contributed by atoms with Crippen molar-refractivity contribution in [3.05, 3.63) is 50.9 Å². The van der Waals surface area contributed by atoms with Crippen LogP contribution in [0.2, 0.25) is 10.3 Å². The van der Waals surface area contributed by atoms with E-state index in [-0.39, 0.29) is 16.2 Å². The van der Waals surface area contributed by atoms with Gasteiger partial charge in [-0.2, -0.15) is 0 Å². The van der Waals surface area contributed by atoms with E-state index in [1.165, 1.54) is 12.1 Å². The predicted octanol–water partition coefficient (Wildman–Crippen LogP) is 3.80. The molecule has 92 valence electrons. The van der Waals surface area contributed by atoms with E-state index < -0.39 is 0 Å². The van der Waals surface area contributed by atoms with Crippen molar-refractivity contribution >= 4 is 50.7 Å². The Kier molecular flexibility index (Phi) is 4.16. The largest absolute Gasteiger partial charge is 0.321 e. The number of amides is 1. The molecule has 0 atom stereocenters. The molecule has 0 saturated carbocycles. The summed E-state index contributed by atoms with van der Waals surface area (Å²) in [5.74, 6) is -0.326. The molecule has 0 aromatic carbocycles. The van der Waals surface area contributed by atoms with Crippen molar-refractivity contribution in [1.82, 2.24) is 9.97 Å². The van der Waals surface area contributed by atoms with Crippen molar-refractivity contribution in [3.8, 4) is 0 Å². The highest BCUT2D eigenvalue weighted by Gasteiger charge is 2.10. The lowest BCUT2D eigenvalue weighted by molar-refractivity contribution is 0.102. The number of anilines is 1. The van der Waals surface area contributed by atoms with E-state index in [0.29, 0.717) is 15.7 Å². The lowest BCUT2D eigenvalue weighted by Crippen LogP contribution is -2.12. The van der Waals surface area contributed by atoms with Gasteiger partial charge in [0.25, 0.3) is 5.91 Å². The van der Waals surface area contributed by atoms with Gasteiger partial charge in [0.05, 0.1) is 10.2 Å². The molecule has 0 aliphatic heterocycles. The molecule has 4 nitrogen and oxygen atoms in total. The van der Waals surface area contributed by atoms with E-state index in [1.54, 1.807) is 18.5 Å². The number of carbonyl (C=O) groups is 1. The van der Waals surface area contributed by atoms with Crippen molar-refractivity contribution in [3.63, 3.8) is 0 Å². The highest BCUT2D eigenvalue weighted by molar-refractivity contribution is 9.10. The summed E-state index contributed by atoms with van der Waals surface area (Å²) in [5, 5.41) is 3.05. The number of halogens is 3. The fourth-order valence-electron chi connectivity index (χ4n) is 1.27. The van der Waals surface area contributed by atoms with Gasteiger partial charge in [0.1, 0.15) is 10.3 Å².